The number of methoxy groups -OCH3 is 1. The zero-order chi connectivity index (χ0) is 27.5. The summed E-state index contributed by atoms with van der Waals surface area (Å²) in [6.07, 6.45) is 9.97. The largest absolute Gasteiger partial charge is 0.496 e. The van der Waals surface area contributed by atoms with E-state index in [-0.39, 0.29) is 5.78 Å². The molecule has 0 atom stereocenters. The number of hydrogen-bond acceptors (Lipinski definition) is 5. The topological polar surface area (TPSA) is 56.6 Å². The van der Waals surface area contributed by atoms with Crippen molar-refractivity contribution in [3.05, 3.63) is 77.3 Å². The first kappa shape index (κ1) is 29.2. The number of hydrogen-bond donors (Lipinski definition) is 0. The number of Topliss-reactive ketones (excluding diaryl/α,β-unsaturated/α-hetero) is 1. The van der Waals surface area contributed by atoms with Crippen molar-refractivity contribution in [3.63, 3.8) is 0 Å². The summed E-state index contributed by atoms with van der Waals surface area (Å²) in [4.78, 5) is 18.7. The molecule has 38 heavy (non-hydrogen) atoms. The van der Waals surface area contributed by atoms with Crippen molar-refractivity contribution in [2.75, 3.05) is 26.7 Å². The lowest BCUT2D eigenvalue weighted by molar-refractivity contribution is -0.113. The molecule has 0 saturated carbocycles. The standard InChI is InChI=1S/C30H37N3O3.C2H6/c1-5-24-12-20-33(27(24)21-22(2)23(3)34)25-13-17-32(18-14-25)19-15-26-28(35-4)9-8-10-29(26)36-30-11-6-7-16-31-30;1-2/h6-12,16,20-21,25H,5,13-15,17-19H2,1-4H3;1-2H3/b22-21+;. The lowest BCUT2D eigenvalue weighted by Gasteiger charge is -2.33. The molecular weight excluding hydrogens is 474 g/mol. The van der Waals surface area contributed by atoms with Crippen LogP contribution in [0.15, 0.2) is 60.4 Å². The molecule has 3 heterocycles. The van der Waals surface area contributed by atoms with Crippen LogP contribution in [0.1, 0.15) is 70.3 Å². The van der Waals surface area contributed by atoms with Gasteiger partial charge in [-0.25, -0.2) is 4.98 Å². The summed E-state index contributed by atoms with van der Waals surface area (Å²) in [5, 5.41) is 0. The molecule has 3 aromatic rings. The molecule has 204 valence electrons. The summed E-state index contributed by atoms with van der Waals surface area (Å²) < 4.78 is 14.2. The first-order valence-corrected chi connectivity index (χ1v) is 13.9. The average molecular weight is 518 g/mol. The minimum atomic E-state index is 0.127. The molecule has 6 heteroatoms. The lowest BCUT2D eigenvalue weighted by Crippen LogP contribution is -2.36. The highest BCUT2D eigenvalue weighted by Gasteiger charge is 2.23. The Morgan fingerprint density at radius 2 is 1.79 bits per heavy atom. The maximum absolute atomic E-state index is 11.9. The van der Waals surface area contributed by atoms with E-state index in [1.807, 2.05) is 57.2 Å². The Bertz CT molecular complexity index is 1190. The molecule has 0 spiro atoms. The molecule has 0 aliphatic carbocycles. The van der Waals surface area contributed by atoms with E-state index >= 15 is 0 Å². The predicted molar refractivity (Wildman–Crippen MR) is 155 cm³/mol. The number of likely N-dealkylation sites (tertiary alicyclic amines) is 1. The first-order chi connectivity index (χ1) is 18.5. The van der Waals surface area contributed by atoms with Gasteiger partial charge in [-0.15, -0.1) is 0 Å². The first-order valence-electron chi connectivity index (χ1n) is 13.9. The second kappa shape index (κ2) is 14.5. The van der Waals surface area contributed by atoms with Crippen LogP contribution in [-0.2, 0) is 17.6 Å². The Morgan fingerprint density at radius 1 is 1.05 bits per heavy atom. The molecule has 1 saturated heterocycles. The number of piperidine rings is 1. The van der Waals surface area contributed by atoms with Gasteiger partial charge < -0.3 is 18.9 Å². The number of allylic oxidation sites excluding steroid dienone is 1. The molecule has 0 radical (unpaired) electrons. The van der Waals surface area contributed by atoms with Crippen molar-refractivity contribution < 1.29 is 14.3 Å². The van der Waals surface area contributed by atoms with E-state index in [1.165, 1.54) is 11.3 Å². The number of aryl methyl sites for hydroxylation is 1. The van der Waals surface area contributed by atoms with Crippen LogP contribution in [0.5, 0.6) is 17.4 Å². The van der Waals surface area contributed by atoms with Crippen molar-refractivity contribution in [3.8, 4) is 17.4 Å². The van der Waals surface area contributed by atoms with Crippen LogP contribution >= 0.6 is 0 Å². The summed E-state index contributed by atoms with van der Waals surface area (Å²) in [6.45, 7) is 12.7. The fourth-order valence-corrected chi connectivity index (χ4v) is 4.88. The van der Waals surface area contributed by atoms with Crippen LogP contribution in [0.4, 0.5) is 0 Å². The average Bonchev–Trinajstić information content (AvgIpc) is 3.36. The predicted octanol–water partition coefficient (Wildman–Crippen LogP) is 7.14. The van der Waals surface area contributed by atoms with Crippen LogP contribution in [0.2, 0.25) is 0 Å². The Morgan fingerprint density at radius 3 is 2.42 bits per heavy atom. The van der Waals surface area contributed by atoms with Gasteiger partial charge in [0.25, 0.3) is 0 Å². The van der Waals surface area contributed by atoms with Gasteiger partial charge in [0.1, 0.15) is 11.5 Å². The highest BCUT2D eigenvalue weighted by molar-refractivity contribution is 5.97. The second-order valence-electron chi connectivity index (χ2n) is 9.40. The van der Waals surface area contributed by atoms with Gasteiger partial charge in [0.05, 0.1) is 7.11 Å². The van der Waals surface area contributed by atoms with E-state index in [4.69, 9.17) is 9.47 Å². The number of rotatable bonds is 10. The molecule has 1 aliphatic rings. The third kappa shape index (κ3) is 7.35. The Labute approximate surface area is 228 Å². The minimum Gasteiger partial charge on any atom is -0.496 e. The summed E-state index contributed by atoms with van der Waals surface area (Å²) in [7, 11) is 1.70. The third-order valence-corrected chi connectivity index (χ3v) is 7.12. The van der Waals surface area contributed by atoms with Gasteiger partial charge in [0, 0.05) is 55.4 Å². The number of pyridine rings is 1. The molecule has 0 unspecified atom stereocenters. The highest BCUT2D eigenvalue weighted by atomic mass is 16.5. The van der Waals surface area contributed by atoms with Crippen molar-refractivity contribution in [1.29, 1.82) is 0 Å². The maximum Gasteiger partial charge on any atom is 0.219 e. The van der Waals surface area contributed by atoms with E-state index < -0.39 is 0 Å². The molecule has 2 aromatic heterocycles. The molecule has 0 N–H and O–H groups in total. The van der Waals surface area contributed by atoms with Crippen LogP contribution in [0.25, 0.3) is 6.08 Å². The van der Waals surface area contributed by atoms with E-state index in [0.29, 0.717) is 11.9 Å². The molecule has 1 aliphatic heterocycles. The van der Waals surface area contributed by atoms with Crippen LogP contribution < -0.4 is 9.47 Å². The number of ether oxygens (including phenoxy) is 2. The van der Waals surface area contributed by atoms with Gasteiger partial charge in [-0.05, 0) is 81.0 Å². The third-order valence-electron chi connectivity index (χ3n) is 7.12. The molecule has 1 fully saturated rings. The highest BCUT2D eigenvalue weighted by Crippen LogP contribution is 2.33. The summed E-state index contributed by atoms with van der Waals surface area (Å²) in [6, 6.07) is 14.2. The van der Waals surface area contributed by atoms with Crippen LogP contribution in [0, 0.1) is 0 Å². The van der Waals surface area contributed by atoms with E-state index in [1.54, 1.807) is 20.2 Å². The lowest BCUT2D eigenvalue weighted by atomic mass is 10.0. The minimum absolute atomic E-state index is 0.127. The molecule has 1 aromatic carbocycles. The summed E-state index contributed by atoms with van der Waals surface area (Å²) in [5.41, 5.74) is 4.36. The van der Waals surface area contributed by atoms with Gasteiger partial charge in [-0.2, -0.15) is 0 Å². The molecule has 0 bridgehead atoms. The van der Waals surface area contributed by atoms with E-state index in [9.17, 15) is 4.79 Å². The molecule has 0 amide bonds. The Hall–Kier alpha value is -3.38. The second-order valence-corrected chi connectivity index (χ2v) is 9.40. The van der Waals surface area contributed by atoms with Gasteiger partial charge in [0.15, 0.2) is 5.78 Å². The number of carbonyl (C=O) groups excluding carboxylic acids is 1. The summed E-state index contributed by atoms with van der Waals surface area (Å²) >= 11 is 0. The number of benzene rings is 1. The smallest absolute Gasteiger partial charge is 0.219 e. The quantitative estimate of drug-likeness (QED) is 0.267. The van der Waals surface area contributed by atoms with Crippen molar-refractivity contribution in [1.82, 2.24) is 14.5 Å². The number of carbonyl (C=O) groups is 1. The Kier molecular flexibility index (Phi) is 11.2. The van der Waals surface area contributed by atoms with E-state index in [2.05, 4.69) is 39.7 Å². The van der Waals surface area contributed by atoms with Crippen molar-refractivity contribution in [2.45, 2.75) is 66.3 Å². The van der Waals surface area contributed by atoms with Crippen LogP contribution in [0.3, 0.4) is 0 Å². The van der Waals surface area contributed by atoms with Crippen molar-refractivity contribution >= 4 is 11.9 Å². The van der Waals surface area contributed by atoms with Crippen molar-refractivity contribution in [2.24, 2.45) is 0 Å². The fraction of sp³-hybridized carbons (Fsp3) is 0.438. The SMILES string of the molecule is CC.CCc1ccn(C2CCN(CCc3c(OC)cccc3Oc3ccccn3)CC2)c1/C=C(\C)C(C)=O. The van der Waals surface area contributed by atoms with Gasteiger partial charge in [0.2, 0.25) is 5.88 Å². The molecular formula is C32H43N3O3. The molecule has 6 nitrogen and oxygen atoms in total. The van der Waals surface area contributed by atoms with Gasteiger partial charge in [-0.3, -0.25) is 4.79 Å². The van der Waals surface area contributed by atoms with Gasteiger partial charge >= 0.3 is 0 Å². The zero-order valence-electron chi connectivity index (χ0n) is 23.9. The Balaban J connectivity index is 0.00000195. The molecule has 4 rings (SSSR count). The summed E-state index contributed by atoms with van der Waals surface area (Å²) in [5.74, 6) is 2.34. The maximum atomic E-state index is 11.9. The number of nitrogens with zero attached hydrogens (tertiary/aromatic N) is 3. The van der Waals surface area contributed by atoms with E-state index in [0.717, 1.165) is 68.0 Å². The van der Waals surface area contributed by atoms with Crippen LogP contribution in [-0.4, -0.2) is 47.0 Å². The monoisotopic (exact) mass is 517 g/mol. The number of ketones is 1. The normalized spacial score (nSPS) is 14.5. The number of aromatic nitrogens is 2. The fourth-order valence-electron chi connectivity index (χ4n) is 4.88. The van der Waals surface area contributed by atoms with Gasteiger partial charge in [-0.1, -0.05) is 32.9 Å². The zero-order valence-corrected chi connectivity index (χ0v) is 23.9.